The maximum atomic E-state index is 15.5. The summed E-state index contributed by atoms with van der Waals surface area (Å²) in [5.74, 6) is -0.408. The van der Waals surface area contributed by atoms with Gasteiger partial charge in [-0.2, -0.15) is 5.26 Å². The Balaban J connectivity index is 1.87. The molecular formula is C25H28BrFN4O2S. The zero-order valence-electron chi connectivity index (χ0n) is 20.0. The normalized spacial score (nSPS) is 16.4. The number of thioether (sulfide) groups is 1. The molecule has 3 aromatic rings. The van der Waals surface area contributed by atoms with E-state index >= 15 is 4.39 Å². The second kappa shape index (κ2) is 9.38. The topological polar surface area (TPSA) is 71.2 Å². The molecule has 3 heterocycles. The lowest BCUT2D eigenvalue weighted by Gasteiger charge is -2.25. The number of nitriles is 1. The zero-order valence-corrected chi connectivity index (χ0v) is 22.4. The van der Waals surface area contributed by atoms with Gasteiger partial charge in [0.2, 0.25) is 0 Å². The second-order valence-electron chi connectivity index (χ2n) is 9.63. The Labute approximate surface area is 211 Å². The first-order valence-corrected chi connectivity index (χ1v) is 13.3. The van der Waals surface area contributed by atoms with Gasteiger partial charge in [-0.15, -0.1) is 11.8 Å². The molecule has 1 unspecified atom stereocenters. The number of ether oxygens (including phenoxy) is 1. The predicted octanol–water partition coefficient (Wildman–Crippen LogP) is 6.76. The van der Waals surface area contributed by atoms with Crippen LogP contribution in [-0.2, 0) is 11.2 Å². The van der Waals surface area contributed by atoms with E-state index in [0.29, 0.717) is 35.9 Å². The number of rotatable bonds is 4. The molecule has 0 N–H and O–H groups in total. The van der Waals surface area contributed by atoms with Crippen molar-refractivity contribution in [1.82, 2.24) is 14.5 Å². The molecule has 0 saturated carbocycles. The minimum atomic E-state index is -0.550. The molecule has 34 heavy (non-hydrogen) atoms. The summed E-state index contributed by atoms with van der Waals surface area (Å²) < 4.78 is 23.7. The van der Waals surface area contributed by atoms with Crippen molar-refractivity contribution in [2.24, 2.45) is 0 Å². The highest BCUT2D eigenvalue weighted by Crippen LogP contribution is 2.40. The number of pyridine rings is 1. The van der Waals surface area contributed by atoms with Gasteiger partial charge in [-0.1, -0.05) is 0 Å². The fourth-order valence-electron chi connectivity index (χ4n) is 4.66. The number of nitrogens with zero attached hydrogens (tertiary/aromatic N) is 4. The summed E-state index contributed by atoms with van der Waals surface area (Å²) in [6.45, 7) is 8.76. The SMILES string of the molecule is CSc1nc2c(F)c(Br)c(CCC#N)cc2c2c1cc(C)n2C1CCN(C(=O)OC(C)(C)C)C1. The van der Waals surface area contributed by atoms with Gasteiger partial charge in [-0.25, -0.2) is 14.2 Å². The molecule has 4 rings (SSSR count). The van der Waals surface area contributed by atoms with E-state index in [-0.39, 0.29) is 12.1 Å². The van der Waals surface area contributed by atoms with Gasteiger partial charge < -0.3 is 14.2 Å². The number of carbonyl (C=O) groups is 1. The number of hydrogen-bond acceptors (Lipinski definition) is 5. The van der Waals surface area contributed by atoms with Crippen molar-refractivity contribution < 1.29 is 13.9 Å². The monoisotopic (exact) mass is 546 g/mol. The molecule has 1 saturated heterocycles. The van der Waals surface area contributed by atoms with Gasteiger partial charge in [0.25, 0.3) is 0 Å². The van der Waals surface area contributed by atoms with Crippen LogP contribution in [0.25, 0.3) is 21.8 Å². The third-order valence-electron chi connectivity index (χ3n) is 6.06. The highest BCUT2D eigenvalue weighted by molar-refractivity contribution is 9.10. The Bertz CT molecular complexity index is 1330. The van der Waals surface area contributed by atoms with E-state index in [0.717, 1.165) is 39.0 Å². The third-order valence-corrected chi connectivity index (χ3v) is 7.62. The van der Waals surface area contributed by atoms with Crippen molar-refractivity contribution in [2.75, 3.05) is 19.3 Å². The largest absolute Gasteiger partial charge is 0.444 e. The van der Waals surface area contributed by atoms with E-state index in [1.165, 1.54) is 11.8 Å². The first-order valence-electron chi connectivity index (χ1n) is 11.3. The van der Waals surface area contributed by atoms with E-state index in [9.17, 15) is 4.79 Å². The molecule has 1 fully saturated rings. The summed E-state index contributed by atoms with van der Waals surface area (Å²) in [6.07, 6.45) is 3.16. The summed E-state index contributed by atoms with van der Waals surface area (Å²) in [7, 11) is 0. The standard InChI is InChI=1S/C25H28BrFN4O2S/c1-14-11-18-22(31(14)16-8-10-30(13-16)24(32)33-25(2,3)4)17-12-15(7-6-9-28)19(26)20(27)21(17)29-23(18)34-5/h11-12,16H,6-8,10,13H2,1-5H3. The molecule has 1 amide bonds. The first-order chi connectivity index (χ1) is 16.1. The molecule has 180 valence electrons. The van der Waals surface area contributed by atoms with Crippen LogP contribution in [0.2, 0.25) is 0 Å². The molecule has 6 nitrogen and oxygen atoms in total. The van der Waals surface area contributed by atoms with Crippen molar-refractivity contribution in [2.45, 2.75) is 63.6 Å². The number of aromatic nitrogens is 2. The Kier molecular flexibility index (Phi) is 6.85. The van der Waals surface area contributed by atoms with Gasteiger partial charge >= 0.3 is 6.09 Å². The van der Waals surface area contributed by atoms with Crippen LogP contribution in [0.4, 0.5) is 9.18 Å². The number of aryl methyl sites for hydroxylation is 2. The molecular weight excluding hydrogens is 519 g/mol. The smallest absolute Gasteiger partial charge is 0.410 e. The first kappa shape index (κ1) is 24.8. The van der Waals surface area contributed by atoms with E-state index in [1.807, 2.05) is 40.0 Å². The van der Waals surface area contributed by atoms with Gasteiger partial charge in [0.05, 0.1) is 22.1 Å². The van der Waals surface area contributed by atoms with Crippen LogP contribution >= 0.6 is 27.7 Å². The van der Waals surface area contributed by atoms with E-state index in [4.69, 9.17) is 10.00 Å². The molecule has 1 aliphatic rings. The summed E-state index contributed by atoms with van der Waals surface area (Å²) in [6, 6.07) is 6.23. The number of fused-ring (bicyclic) bond motifs is 3. The van der Waals surface area contributed by atoms with Crippen LogP contribution in [0.5, 0.6) is 0 Å². The molecule has 0 spiro atoms. The van der Waals surface area contributed by atoms with E-state index in [1.54, 1.807) is 4.90 Å². The number of carbonyl (C=O) groups excluding carboxylic acids is 1. The van der Waals surface area contributed by atoms with Crippen molar-refractivity contribution in [3.8, 4) is 6.07 Å². The fourth-order valence-corrected chi connectivity index (χ4v) is 5.71. The second-order valence-corrected chi connectivity index (χ2v) is 11.2. The summed E-state index contributed by atoms with van der Waals surface area (Å²) >= 11 is 4.87. The minimum absolute atomic E-state index is 0.0413. The Morgan fingerprint density at radius 3 is 2.76 bits per heavy atom. The lowest BCUT2D eigenvalue weighted by Crippen LogP contribution is -2.35. The quantitative estimate of drug-likeness (QED) is 0.338. The van der Waals surface area contributed by atoms with Crippen molar-refractivity contribution >= 4 is 55.6 Å². The van der Waals surface area contributed by atoms with Gasteiger partial charge in [0, 0.05) is 36.0 Å². The van der Waals surface area contributed by atoms with Crippen LogP contribution < -0.4 is 0 Å². The van der Waals surface area contributed by atoms with E-state index < -0.39 is 11.4 Å². The molecule has 1 atom stereocenters. The lowest BCUT2D eigenvalue weighted by molar-refractivity contribution is 0.0289. The molecule has 0 bridgehead atoms. The van der Waals surface area contributed by atoms with E-state index in [2.05, 4.69) is 37.6 Å². The Morgan fingerprint density at radius 2 is 2.12 bits per heavy atom. The third kappa shape index (κ3) is 4.50. The summed E-state index contributed by atoms with van der Waals surface area (Å²) in [5.41, 5.74) is 2.47. The maximum Gasteiger partial charge on any atom is 0.410 e. The number of likely N-dealkylation sites (tertiary alicyclic amines) is 1. The number of halogens is 2. The van der Waals surface area contributed by atoms with Crippen LogP contribution in [0.3, 0.4) is 0 Å². The van der Waals surface area contributed by atoms with Gasteiger partial charge in [-0.05, 0) is 80.4 Å². The predicted molar refractivity (Wildman–Crippen MR) is 137 cm³/mol. The van der Waals surface area contributed by atoms with Crippen LogP contribution in [-0.4, -0.2) is 45.5 Å². The number of hydrogen-bond donors (Lipinski definition) is 0. The van der Waals surface area contributed by atoms with Gasteiger partial charge in [-0.3, -0.25) is 0 Å². The lowest BCUT2D eigenvalue weighted by atomic mass is 10.0. The molecule has 1 aromatic carbocycles. The number of amides is 1. The molecule has 2 aromatic heterocycles. The highest BCUT2D eigenvalue weighted by atomic mass is 79.9. The zero-order chi connectivity index (χ0) is 24.8. The molecule has 0 radical (unpaired) electrons. The average molecular weight is 547 g/mol. The maximum absolute atomic E-state index is 15.5. The summed E-state index contributed by atoms with van der Waals surface area (Å²) in [5, 5.41) is 11.5. The van der Waals surface area contributed by atoms with Crippen molar-refractivity contribution in [1.29, 1.82) is 5.26 Å². The van der Waals surface area contributed by atoms with Crippen LogP contribution in [0.15, 0.2) is 21.6 Å². The van der Waals surface area contributed by atoms with Gasteiger partial charge in [0.1, 0.15) is 16.1 Å². The van der Waals surface area contributed by atoms with Crippen molar-refractivity contribution in [3.05, 3.63) is 33.7 Å². The average Bonchev–Trinajstić information content (AvgIpc) is 3.38. The Hall–Kier alpha value is -2.31. The highest BCUT2D eigenvalue weighted by Gasteiger charge is 2.33. The molecule has 0 aliphatic carbocycles. The fraction of sp³-hybridized carbons (Fsp3) is 0.480. The van der Waals surface area contributed by atoms with Gasteiger partial charge in [0.15, 0.2) is 5.82 Å². The van der Waals surface area contributed by atoms with Crippen molar-refractivity contribution in [3.63, 3.8) is 0 Å². The minimum Gasteiger partial charge on any atom is -0.444 e. The van der Waals surface area contributed by atoms with Crippen LogP contribution in [0.1, 0.15) is 50.9 Å². The Morgan fingerprint density at radius 1 is 1.38 bits per heavy atom. The number of benzene rings is 1. The summed E-state index contributed by atoms with van der Waals surface area (Å²) in [4.78, 5) is 19.1. The molecule has 9 heteroatoms. The molecule has 1 aliphatic heterocycles. The van der Waals surface area contributed by atoms with Crippen LogP contribution in [0, 0.1) is 24.1 Å².